The molecule has 20 heavy (non-hydrogen) atoms. The maximum atomic E-state index is 12.1. The van der Waals surface area contributed by atoms with Crippen LogP contribution in [-0.4, -0.2) is 42.9 Å². The Hall–Kier alpha value is -0.920. The van der Waals surface area contributed by atoms with Crippen LogP contribution < -0.4 is 10.6 Å². The first-order valence-corrected chi connectivity index (χ1v) is 7.93. The summed E-state index contributed by atoms with van der Waals surface area (Å²) in [6.07, 6.45) is 0.859. The van der Waals surface area contributed by atoms with Crippen molar-refractivity contribution in [1.82, 2.24) is 10.2 Å². The third kappa shape index (κ3) is 3.80. The number of carbonyl (C=O) groups excluding carboxylic acids is 2. The number of anilines is 1. The van der Waals surface area contributed by atoms with Gasteiger partial charge in [-0.15, -0.1) is 0 Å². The molecule has 0 bridgehead atoms. The lowest BCUT2D eigenvalue weighted by Crippen LogP contribution is -2.41. The number of hydrogen-bond acceptors (Lipinski definition) is 3. The van der Waals surface area contributed by atoms with E-state index in [1.54, 1.807) is 17.0 Å². The van der Waals surface area contributed by atoms with Gasteiger partial charge in [0.05, 0.1) is 5.69 Å². The number of rotatable bonds is 1. The van der Waals surface area contributed by atoms with Gasteiger partial charge in [-0.2, -0.15) is 0 Å². The zero-order valence-corrected chi connectivity index (χ0v) is 14.0. The van der Waals surface area contributed by atoms with Gasteiger partial charge in [0.1, 0.15) is 0 Å². The van der Waals surface area contributed by atoms with Gasteiger partial charge < -0.3 is 15.5 Å². The topological polar surface area (TPSA) is 61.4 Å². The molecule has 0 unspecified atom stereocenters. The van der Waals surface area contributed by atoms with Crippen LogP contribution in [0.25, 0.3) is 0 Å². The number of amides is 2. The summed E-state index contributed by atoms with van der Waals surface area (Å²) in [7, 11) is 0. The van der Waals surface area contributed by atoms with Crippen LogP contribution in [0.2, 0.25) is 0 Å². The molecule has 0 atom stereocenters. The lowest BCUT2D eigenvalue weighted by molar-refractivity contribution is -0.143. The van der Waals surface area contributed by atoms with Gasteiger partial charge in [-0.05, 0) is 57.0 Å². The SMILES string of the molecule is O=C(Nc1c(Br)cccc1Br)C(=O)N1CCCNCC1. The van der Waals surface area contributed by atoms with Crippen molar-refractivity contribution in [2.75, 3.05) is 31.5 Å². The molecule has 1 fully saturated rings. The highest BCUT2D eigenvalue weighted by Gasteiger charge is 2.23. The molecular formula is C13H15Br2N3O2. The van der Waals surface area contributed by atoms with E-state index in [1.807, 2.05) is 6.07 Å². The molecule has 5 nitrogen and oxygen atoms in total. The van der Waals surface area contributed by atoms with E-state index >= 15 is 0 Å². The second kappa shape index (κ2) is 7.19. The normalized spacial score (nSPS) is 15.6. The molecule has 108 valence electrons. The fraction of sp³-hybridized carbons (Fsp3) is 0.385. The van der Waals surface area contributed by atoms with Gasteiger partial charge in [0.25, 0.3) is 0 Å². The molecule has 1 heterocycles. The van der Waals surface area contributed by atoms with E-state index in [1.165, 1.54) is 0 Å². The van der Waals surface area contributed by atoms with Crippen LogP contribution in [0.4, 0.5) is 5.69 Å². The maximum Gasteiger partial charge on any atom is 0.313 e. The van der Waals surface area contributed by atoms with Crippen molar-refractivity contribution in [1.29, 1.82) is 0 Å². The molecule has 1 aromatic carbocycles. The van der Waals surface area contributed by atoms with E-state index in [0.717, 1.165) is 28.5 Å². The van der Waals surface area contributed by atoms with Gasteiger partial charge in [0, 0.05) is 28.6 Å². The molecular weight excluding hydrogens is 390 g/mol. The van der Waals surface area contributed by atoms with Crippen LogP contribution in [0.1, 0.15) is 6.42 Å². The first kappa shape index (κ1) is 15.5. The molecule has 0 radical (unpaired) electrons. The van der Waals surface area contributed by atoms with Gasteiger partial charge in [0.15, 0.2) is 0 Å². The summed E-state index contributed by atoms with van der Waals surface area (Å²) >= 11 is 6.71. The van der Waals surface area contributed by atoms with Gasteiger partial charge in [-0.25, -0.2) is 0 Å². The first-order valence-electron chi connectivity index (χ1n) is 6.34. The minimum atomic E-state index is -0.612. The third-order valence-electron chi connectivity index (χ3n) is 3.02. The third-order valence-corrected chi connectivity index (χ3v) is 4.34. The summed E-state index contributed by atoms with van der Waals surface area (Å²) in [6.45, 7) is 2.76. The molecule has 0 aliphatic carbocycles. The summed E-state index contributed by atoms with van der Waals surface area (Å²) in [5, 5.41) is 5.85. The fourth-order valence-electron chi connectivity index (χ4n) is 1.98. The van der Waals surface area contributed by atoms with Gasteiger partial charge >= 0.3 is 11.8 Å². The lowest BCUT2D eigenvalue weighted by Gasteiger charge is -2.19. The van der Waals surface area contributed by atoms with Gasteiger partial charge in [-0.3, -0.25) is 9.59 Å². The number of para-hydroxylation sites is 1. The van der Waals surface area contributed by atoms with Crippen molar-refractivity contribution in [3.05, 3.63) is 27.1 Å². The van der Waals surface area contributed by atoms with E-state index in [2.05, 4.69) is 42.5 Å². The Bertz CT molecular complexity index is 494. The highest BCUT2D eigenvalue weighted by Crippen LogP contribution is 2.30. The average Bonchev–Trinajstić information content (AvgIpc) is 2.71. The zero-order chi connectivity index (χ0) is 14.5. The van der Waals surface area contributed by atoms with E-state index in [9.17, 15) is 9.59 Å². The highest BCUT2D eigenvalue weighted by molar-refractivity contribution is 9.11. The molecule has 7 heteroatoms. The van der Waals surface area contributed by atoms with Crippen molar-refractivity contribution < 1.29 is 9.59 Å². The van der Waals surface area contributed by atoms with Crippen LogP contribution in [0.3, 0.4) is 0 Å². The van der Waals surface area contributed by atoms with E-state index in [4.69, 9.17) is 0 Å². The van der Waals surface area contributed by atoms with Crippen molar-refractivity contribution in [3.63, 3.8) is 0 Å². The molecule has 2 N–H and O–H groups in total. The molecule has 1 aromatic rings. The van der Waals surface area contributed by atoms with Crippen LogP contribution in [0.5, 0.6) is 0 Å². The van der Waals surface area contributed by atoms with Crippen molar-refractivity contribution in [3.8, 4) is 0 Å². The predicted octanol–water partition coefficient (Wildman–Crippen LogP) is 1.97. The summed E-state index contributed by atoms with van der Waals surface area (Å²) < 4.78 is 1.45. The summed E-state index contributed by atoms with van der Waals surface area (Å²) in [6, 6.07) is 5.45. The standard InChI is InChI=1S/C13H15Br2N3O2/c14-9-3-1-4-10(15)11(9)17-12(19)13(20)18-7-2-5-16-6-8-18/h1,3-4,16H,2,5-8H2,(H,17,19). The zero-order valence-electron chi connectivity index (χ0n) is 10.8. The van der Waals surface area contributed by atoms with E-state index in [0.29, 0.717) is 18.8 Å². The van der Waals surface area contributed by atoms with Crippen molar-refractivity contribution in [2.24, 2.45) is 0 Å². The first-order chi connectivity index (χ1) is 9.59. The molecule has 1 saturated heterocycles. The molecule has 2 amide bonds. The number of nitrogens with one attached hydrogen (secondary N) is 2. The Morgan fingerprint density at radius 1 is 1.15 bits per heavy atom. The Morgan fingerprint density at radius 2 is 1.85 bits per heavy atom. The van der Waals surface area contributed by atoms with Gasteiger partial charge in [0.2, 0.25) is 0 Å². The van der Waals surface area contributed by atoms with Crippen LogP contribution in [0.15, 0.2) is 27.1 Å². The Kier molecular flexibility index (Phi) is 5.56. The van der Waals surface area contributed by atoms with Crippen molar-refractivity contribution >= 4 is 49.4 Å². The quantitative estimate of drug-likeness (QED) is 0.703. The number of halogens is 2. The Morgan fingerprint density at radius 3 is 2.55 bits per heavy atom. The lowest BCUT2D eigenvalue weighted by atomic mass is 10.3. The second-order valence-electron chi connectivity index (χ2n) is 4.45. The fourth-order valence-corrected chi connectivity index (χ4v) is 3.17. The molecule has 0 saturated carbocycles. The second-order valence-corrected chi connectivity index (χ2v) is 6.16. The molecule has 1 aliphatic rings. The minimum absolute atomic E-state index is 0.489. The summed E-state index contributed by atoms with van der Waals surface area (Å²) in [4.78, 5) is 25.8. The number of nitrogens with zero attached hydrogens (tertiary/aromatic N) is 1. The highest BCUT2D eigenvalue weighted by atomic mass is 79.9. The molecule has 0 spiro atoms. The summed E-state index contributed by atoms with van der Waals surface area (Å²) in [5.41, 5.74) is 0.568. The van der Waals surface area contributed by atoms with Crippen LogP contribution >= 0.6 is 31.9 Å². The Balaban J connectivity index is 2.05. The van der Waals surface area contributed by atoms with Crippen LogP contribution in [-0.2, 0) is 9.59 Å². The van der Waals surface area contributed by atoms with E-state index < -0.39 is 11.8 Å². The number of carbonyl (C=O) groups is 2. The minimum Gasteiger partial charge on any atom is -0.333 e. The predicted molar refractivity (Wildman–Crippen MR) is 84.5 cm³/mol. The van der Waals surface area contributed by atoms with Gasteiger partial charge in [-0.1, -0.05) is 6.07 Å². The maximum absolute atomic E-state index is 12.1. The van der Waals surface area contributed by atoms with Crippen molar-refractivity contribution in [2.45, 2.75) is 6.42 Å². The Labute approximate surface area is 134 Å². The molecule has 0 aromatic heterocycles. The molecule has 1 aliphatic heterocycles. The smallest absolute Gasteiger partial charge is 0.313 e. The monoisotopic (exact) mass is 403 g/mol. The summed E-state index contributed by atoms with van der Waals surface area (Å²) in [5.74, 6) is -1.10. The molecule has 2 rings (SSSR count). The van der Waals surface area contributed by atoms with E-state index in [-0.39, 0.29) is 0 Å². The average molecular weight is 405 g/mol. The number of benzene rings is 1. The number of hydrogen-bond donors (Lipinski definition) is 2. The van der Waals surface area contributed by atoms with Crippen LogP contribution in [0, 0.1) is 0 Å². The largest absolute Gasteiger partial charge is 0.333 e.